The van der Waals surface area contributed by atoms with Crippen LogP contribution in [0.2, 0.25) is 10.0 Å². The fourth-order valence-electron chi connectivity index (χ4n) is 3.41. The van der Waals surface area contributed by atoms with E-state index in [9.17, 15) is 14.0 Å². The van der Waals surface area contributed by atoms with E-state index in [-0.39, 0.29) is 57.2 Å². The molecule has 0 spiro atoms. The number of amides is 1. The van der Waals surface area contributed by atoms with E-state index in [2.05, 4.69) is 15.4 Å². The van der Waals surface area contributed by atoms with Gasteiger partial charge in [-0.25, -0.2) is 9.07 Å². The normalized spacial score (nSPS) is 10.9. The number of benzene rings is 2. The van der Waals surface area contributed by atoms with Gasteiger partial charge in [-0.05, 0) is 42.8 Å². The lowest BCUT2D eigenvalue weighted by molar-refractivity contribution is 0.0965. The maximum Gasteiger partial charge on any atom is 0.258 e. The average molecular weight is 513 g/mol. The van der Waals surface area contributed by atoms with E-state index in [4.69, 9.17) is 28.3 Å². The number of aliphatic hydroxyl groups is 1. The van der Waals surface area contributed by atoms with Crippen LogP contribution in [0.3, 0.4) is 0 Å². The monoisotopic (exact) mass is 512 g/mol. The molecule has 0 bridgehead atoms. The lowest BCUT2D eigenvalue weighted by atomic mass is 10.1. The number of nitrogens with one attached hydrogen (secondary N) is 1. The number of pyridine rings is 1. The molecule has 35 heavy (non-hydrogen) atoms. The fourth-order valence-corrected chi connectivity index (χ4v) is 3.97. The highest BCUT2D eigenvalue weighted by Gasteiger charge is 2.21. The molecule has 0 unspecified atom stereocenters. The van der Waals surface area contributed by atoms with Crippen molar-refractivity contribution in [3.8, 4) is 16.9 Å². The van der Waals surface area contributed by atoms with Crippen LogP contribution >= 0.6 is 23.2 Å². The molecule has 0 fully saturated rings. The summed E-state index contributed by atoms with van der Waals surface area (Å²) in [5.74, 6) is -1.27. The second-order valence-corrected chi connectivity index (χ2v) is 8.33. The number of halogens is 3. The summed E-state index contributed by atoms with van der Waals surface area (Å²) >= 11 is 12.6. The lowest BCUT2D eigenvalue weighted by Crippen LogP contribution is -2.16. The van der Waals surface area contributed by atoms with Gasteiger partial charge in [-0.15, -0.1) is 0 Å². The summed E-state index contributed by atoms with van der Waals surface area (Å²) in [5.41, 5.74) is 0.966. The Bertz CT molecular complexity index is 1390. The number of hydrogen-bond acceptors (Lipinski definition) is 5. The highest BCUT2D eigenvalue weighted by atomic mass is 35.5. The number of aromatic nitrogens is 3. The lowest BCUT2D eigenvalue weighted by Gasteiger charge is -2.12. The maximum absolute atomic E-state index is 14.3. The number of anilines is 1. The summed E-state index contributed by atoms with van der Waals surface area (Å²) in [4.78, 5) is 29.8. The predicted molar refractivity (Wildman–Crippen MR) is 132 cm³/mol. The van der Waals surface area contributed by atoms with Crippen LogP contribution in [0.4, 0.5) is 10.2 Å². The number of aliphatic hydroxyl groups excluding tert-OH is 1. The second-order valence-electron chi connectivity index (χ2n) is 7.51. The Morgan fingerprint density at radius 2 is 1.80 bits per heavy atom. The number of ketones is 1. The number of para-hydroxylation sites is 1. The van der Waals surface area contributed by atoms with Gasteiger partial charge in [0.05, 0.1) is 21.3 Å². The summed E-state index contributed by atoms with van der Waals surface area (Å²) < 4.78 is 15.8. The van der Waals surface area contributed by atoms with E-state index in [1.807, 2.05) is 6.07 Å². The quantitative estimate of drug-likeness (QED) is 0.300. The van der Waals surface area contributed by atoms with Crippen LogP contribution in [0.5, 0.6) is 0 Å². The molecule has 1 amide bonds. The van der Waals surface area contributed by atoms with Crippen molar-refractivity contribution >= 4 is 40.7 Å². The Morgan fingerprint density at radius 1 is 1.03 bits per heavy atom. The van der Waals surface area contributed by atoms with E-state index in [0.29, 0.717) is 12.1 Å². The van der Waals surface area contributed by atoms with Crippen molar-refractivity contribution in [2.24, 2.45) is 0 Å². The topological polar surface area (TPSA) is 97.1 Å². The molecule has 0 aliphatic heterocycles. The van der Waals surface area contributed by atoms with Gasteiger partial charge in [-0.3, -0.25) is 14.6 Å². The molecule has 0 atom stereocenters. The van der Waals surface area contributed by atoms with Gasteiger partial charge in [-0.2, -0.15) is 5.10 Å². The first-order chi connectivity index (χ1) is 16.9. The molecule has 0 aliphatic carbocycles. The van der Waals surface area contributed by atoms with Gasteiger partial charge in [0.2, 0.25) is 0 Å². The Hall–Kier alpha value is -3.59. The molecular weight excluding hydrogens is 494 g/mol. The van der Waals surface area contributed by atoms with Crippen LogP contribution in [0.1, 0.15) is 33.7 Å². The zero-order valence-corrected chi connectivity index (χ0v) is 19.7. The number of hydrogen-bond donors (Lipinski definition) is 2. The van der Waals surface area contributed by atoms with Gasteiger partial charge in [0.25, 0.3) is 5.91 Å². The van der Waals surface area contributed by atoms with Crippen molar-refractivity contribution in [1.29, 1.82) is 0 Å². The molecule has 2 aromatic heterocycles. The van der Waals surface area contributed by atoms with Crippen molar-refractivity contribution in [3.05, 3.63) is 94.0 Å². The van der Waals surface area contributed by atoms with Crippen molar-refractivity contribution in [2.45, 2.75) is 12.8 Å². The van der Waals surface area contributed by atoms with Crippen LogP contribution < -0.4 is 5.32 Å². The number of Topliss-reactive ketones (excluding diaryl/α,β-unsaturated/α-hetero) is 1. The maximum atomic E-state index is 14.3. The highest BCUT2D eigenvalue weighted by molar-refractivity contribution is 6.38. The zero-order valence-electron chi connectivity index (χ0n) is 18.2. The predicted octanol–water partition coefficient (Wildman–Crippen LogP) is 5.59. The average Bonchev–Trinajstić information content (AvgIpc) is 3.27. The van der Waals surface area contributed by atoms with Crippen LogP contribution in [0.25, 0.3) is 16.9 Å². The van der Waals surface area contributed by atoms with Crippen LogP contribution in [0.15, 0.2) is 66.9 Å². The van der Waals surface area contributed by atoms with E-state index < -0.39 is 11.7 Å². The minimum absolute atomic E-state index is 0.0192. The smallest absolute Gasteiger partial charge is 0.258 e. The molecule has 2 heterocycles. The van der Waals surface area contributed by atoms with E-state index in [1.54, 1.807) is 24.3 Å². The molecule has 0 saturated carbocycles. The van der Waals surface area contributed by atoms with Crippen molar-refractivity contribution in [2.75, 3.05) is 11.9 Å². The second kappa shape index (κ2) is 10.8. The fraction of sp³-hybridized carbons (Fsp3) is 0.120. The van der Waals surface area contributed by atoms with Crippen LogP contribution in [-0.2, 0) is 0 Å². The zero-order chi connectivity index (χ0) is 24.9. The molecule has 0 aliphatic rings. The SMILES string of the molecule is O=C(CCCO)c1cc(NC(=O)c2cc(-c3ncccc3F)c(Cl)cc2Cl)n(-c2ccccc2)n1. The minimum Gasteiger partial charge on any atom is -0.396 e. The summed E-state index contributed by atoms with van der Waals surface area (Å²) in [6.07, 6.45) is 1.82. The molecular formula is C25H19Cl2FN4O3. The minimum atomic E-state index is -0.615. The van der Waals surface area contributed by atoms with Gasteiger partial charge < -0.3 is 10.4 Å². The summed E-state index contributed by atoms with van der Waals surface area (Å²) in [6.45, 7) is -0.122. The van der Waals surface area contributed by atoms with E-state index in [1.165, 1.54) is 41.2 Å². The number of carbonyl (C=O) groups is 2. The third-order valence-electron chi connectivity index (χ3n) is 5.11. The molecule has 2 aromatic carbocycles. The Balaban J connectivity index is 1.72. The largest absolute Gasteiger partial charge is 0.396 e. The summed E-state index contributed by atoms with van der Waals surface area (Å²) in [7, 11) is 0. The van der Waals surface area contributed by atoms with E-state index in [0.717, 1.165) is 0 Å². The summed E-state index contributed by atoms with van der Waals surface area (Å²) in [6, 6.07) is 15.8. The molecule has 7 nitrogen and oxygen atoms in total. The molecule has 4 aromatic rings. The number of carbonyl (C=O) groups excluding carboxylic acids is 2. The molecule has 0 radical (unpaired) electrons. The van der Waals surface area contributed by atoms with Crippen LogP contribution in [0, 0.1) is 5.82 Å². The Kier molecular flexibility index (Phi) is 7.55. The third-order valence-corrected chi connectivity index (χ3v) is 5.74. The molecule has 4 rings (SSSR count). The van der Waals surface area contributed by atoms with Crippen molar-refractivity contribution in [1.82, 2.24) is 14.8 Å². The van der Waals surface area contributed by atoms with E-state index >= 15 is 0 Å². The van der Waals surface area contributed by atoms with Gasteiger partial charge in [0.15, 0.2) is 5.78 Å². The molecule has 178 valence electrons. The first kappa shape index (κ1) is 24.5. The van der Waals surface area contributed by atoms with Crippen molar-refractivity contribution < 1.29 is 19.1 Å². The first-order valence-electron chi connectivity index (χ1n) is 10.6. The molecule has 10 heteroatoms. The highest BCUT2D eigenvalue weighted by Crippen LogP contribution is 2.33. The molecule has 2 N–H and O–H groups in total. The number of nitrogens with zero attached hydrogens (tertiary/aromatic N) is 3. The summed E-state index contributed by atoms with van der Waals surface area (Å²) in [5, 5.41) is 16.3. The van der Waals surface area contributed by atoms with Gasteiger partial charge in [-0.1, -0.05) is 41.4 Å². The first-order valence-corrected chi connectivity index (χ1v) is 11.4. The number of rotatable bonds is 8. The Labute approximate surface area is 210 Å². The third kappa shape index (κ3) is 5.40. The molecule has 0 saturated heterocycles. The standard InChI is InChI=1S/C25H19Cl2FN4O3/c26-18-13-19(27)17(12-16(18)24-20(28)8-4-10-29-24)25(35)30-23-14-21(22(34)9-5-11-33)31-32(23)15-6-2-1-3-7-15/h1-4,6-8,10,12-14,33H,5,9,11H2,(H,30,35). The van der Waals surface area contributed by atoms with Gasteiger partial charge in [0.1, 0.15) is 23.0 Å². The Morgan fingerprint density at radius 3 is 2.51 bits per heavy atom. The van der Waals surface area contributed by atoms with Gasteiger partial charge >= 0.3 is 0 Å². The van der Waals surface area contributed by atoms with Crippen LogP contribution in [-0.4, -0.2) is 38.2 Å². The van der Waals surface area contributed by atoms with Gasteiger partial charge in [0, 0.05) is 30.9 Å². The van der Waals surface area contributed by atoms with Crippen molar-refractivity contribution in [3.63, 3.8) is 0 Å².